The monoisotopic (exact) mass is 174 g/mol. The minimum atomic E-state index is -2.84. The van der Waals surface area contributed by atoms with Crippen LogP contribution in [0.1, 0.15) is 0 Å². The van der Waals surface area contributed by atoms with Crippen LogP contribution >= 0.6 is 0 Å². The van der Waals surface area contributed by atoms with E-state index in [9.17, 15) is 8.42 Å². The Hall–Kier alpha value is -1.23. The van der Waals surface area contributed by atoms with Crippen LogP contribution in [0.5, 0.6) is 11.5 Å². The summed E-state index contributed by atoms with van der Waals surface area (Å²) < 4.78 is 20.7. The van der Waals surface area contributed by atoms with Crippen molar-refractivity contribution in [2.75, 3.05) is 0 Å². The normalized spacial score (nSPS) is 10.3. The van der Waals surface area contributed by atoms with Gasteiger partial charge < -0.3 is 10.2 Å². The zero-order chi connectivity index (χ0) is 8.43. The van der Waals surface area contributed by atoms with Gasteiger partial charge in [0.1, 0.15) is 4.90 Å². The van der Waals surface area contributed by atoms with Crippen molar-refractivity contribution in [1.29, 1.82) is 0 Å². The van der Waals surface area contributed by atoms with Crippen molar-refractivity contribution in [3.8, 4) is 11.5 Å². The van der Waals surface area contributed by atoms with Crippen molar-refractivity contribution in [2.45, 2.75) is 4.90 Å². The molecule has 60 valence electrons. The lowest BCUT2D eigenvalue weighted by Crippen LogP contribution is -1.80. The van der Waals surface area contributed by atoms with Crippen LogP contribution in [0.4, 0.5) is 0 Å². The lowest BCUT2D eigenvalue weighted by molar-refractivity contribution is 0.394. The number of para-hydroxylation sites is 1. The molecule has 5 heteroatoms. The first-order chi connectivity index (χ1) is 5.13. The second kappa shape index (κ2) is 2.79. The smallest absolute Gasteiger partial charge is 0.176 e. The highest BCUT2D eigenvalue weighted by atomic mass is 32.2. The van der Waals surface area contributed by atoms with Crippen molar-refractivity contribution in [1.82, 2.24) is 0 Å². The topological polar surface area (TPSA) is 74.6 Å². The van der Waals surface area contributed by atoms with E-state index in [0.717, 1.165) is 0 Å². The molecule has 0 saturated heterocycles. The standard InChI is InChI=1S/C6H6O4S/c7-4-2-1-3-5(6(4)8)11(9)10/h1-3,7-8,11H. The van der Waals surface area contributed by atoms with Gasteiger partial charge in [-0.25, -0.2) is 8.42 Å². The van der Waals surface area contributed by atoms with Crippen molar-refractivity contribution in [2.24, 2.45) is 0 Å². The third kappa shape index (κ3) is 1.43. The largest absolute Gasteiger partial charge is 0.504 e. The third-order valence-electron chi connectivity index (χ3n) is 1.19. The number of benzene rings is 1. The van der Waals surface area contributed by atoms with Crippen LogP contribution in [0.3, 0.4) is 0 Å². The van der Waals surface area contributed by atoms with Gasteiger partial charge in [-0.3, -0.25) is 0 Å². The predicted octanol–water partition coefficient (Wildman–Crippen LogP) is 0.0681. The maximum absolute atomic E-state index is 10.3. The predicted molar refractivity (Wildman–Crippen MR) is 38.4 cm³/mol. The van der Waals surface area contributed by atoms with Crippen molar-refractivity contribution >= 4 is 10.7 Å². The number of thiol groups is 1. The average Bonchev–Trinajstić information content (AvgIpc) is 1.94. The molecule has 0 spiro atoms. The van der Waals surface area contributed by atoms with Gasteiger partial charge in [-0.1, -0.05) is 6.07 Å². The first-order valence-corrected chi connectivity index (χ1v) is 3.96. The summed E-state index contributed by atoms with van der Waals surface area (Å²) in [5.74, 6) is -1.02. The van der Waals surface area contributed by atoms with Crippen LogP contribution in [0, 0.1) is 0 Å². The molecule has 0 atom stereocenters. The van der Waals surface area contributed by atoms with E-state index in [-0.39, 0.29) is 4.90 Å². The molecule has 0 unspecified atom stereocenters. The maximum Gasteiger partial charge on any atom is 0.176 e. The maximum atomic E-state index is 10.3. The van der Waals surface area contributed by atoms with Crippen LogP contribution in [-0.2, 0) is 10.7 Å². The first-order valence-electron chi connectivity index (χ1n) is 2.78. The minimum Gasteiger partial charge on any atom is -0.504 e. The van der Waals surface area contributed by atoms with E-state index < -0.39 is 22.2 Å². The molecule has 4 nitrogen and oxygen atoms in total. The molecule has 0 aliphatic heterocycles. The molecule has 1 aromatic carbocycles. The Morgan fingerprint density at radius 2 is 1.82 bits per heavy atom. The van der Waals surface area contributed by atoms with Gasteiger partial charge in [-0.2, -0.15) is 0 Å². The highest BCUT2D eigenvalue weighted by molar-refractivity contribution is 7.72. The van der Waals surface area contributed by atoms with Gasteiger partial charge in [-0.05, 0) is 12.1 Å². The van der Waals surface area contributed by atoms with Gasteiger partial charge in [0.2, 0.25) is 0 Å². The molecule has 0 bridgehead atoms. The Balaban J connectivity index is 3.39. The fourth-order valence-corrected chi connectivity index (χ4v) is 1.16. The summed E-state index contributed by atoms with van der Waals surface area (Å²) in [7, 11) is -2.84. The summed E-state index contributed by atoms with van der Waals surface area (Å²) >= 11 is 0. The fourth-order valence-electron chi connectivity index (χ4n) is 0.667. The number of phenols is 2. The molecule has 1 rings (SSSR count). The van der Waals surface area contributed by atoms with E-state index in [0.29, 0.717) is 0 Å². The van der Waals surface area contributed by atoms with Gasteiger partial charge in [0, 0.05) is 0 Å². The fraction of sp³-hybridized carbons (Fsp3) is 0. The van der Waals surface area contributed by atoms with Gasteiger partial charge in [-0.15, -0.1) is 0 Å². The van der Waals surface area contributed by atoms with Crippen LogP contribution < -0.4 is 0 Å². The van der Waals surface area contributed by atoms with Gasteiger partial charge >= 0.3 is 0 Å². The highest BCUT2D eigenvalue weighted by Gasteiger charge is 2.06. The zero-order valence-corrected chi connectivity index (χ0v) is 6.28. The molecule has 0 amide bonds. The second-order valence-corrected chi connectivity index (χ2v) is 2.90. The number of phenolic OH excluding ortho intramolecular Hbond substituents is 2. The summed E-state index contributed by atoms with van der Waals surface area (Å²) in [5.41, 5.74) is 0. The van der Waals surface area contributed by atoms with Crippen LogP contribution in [-0.4, -0.2) is 18.6 Å². The lowest BCUT2D eigenvalue weighted by atomic mass is 10.3. The van der Waals surface area contributed by atoms with E-state index in [1.165, 1.54) is 18.2 Å². The molecule has 0 saturated carbocycles. The molecule has 0 aliphatic rings. The zero-order valence-electron chi connectivity index (χ0n) is 5.39. The molecule has 0 radical (unpaired) electrons. The number of hydrogen-bond acceptors (Lipinski definition) is 4. The first kappa shape index (κ1) is 7.87. The van der Waals surface area contributed by atoms with Crippen LogP contribution in [0.25, 0.3) is 0 Å². The minimum absolute atomic E-state index is 0.264. The quantitative estimate of drug-likeness (QED) is 0.416. The second-order valence-electron chi connectivity index (χ2n) is 1.90. The summed E-state index contributed by atoms with van der Waals surface area (Å²) in [6.45, 7) is 0. The number of rotatable bonds is 1. The Morgan fingerprint density at radius 3 is 2.27 bits per heavy atom. The average molecular weight is 174 g/mol. The van der Waals surface area contributed by atoms with Gasteiger partial charge in [0.05, 0.1) is 0 Å². The summed E-state index contributed by atoms with van der Waals surface area (Å²) in [5, 5.41) is 17.8. The molecule has 0 aromatic heterocycles. The Morgan fingerprint density at radius 1 is 1.18 bits per heavy atom. The molecule has 1 aromatic rings. The molecule has 0 aliphatic carbocycles. The van der Waals surface area contributed by atoms with Crippen LogP contribution in [0.2, 0.25) is 0 Å². The molecule has 0 fully saturated rings. The van der Waals surface area contributed by atoms with Gasteiger partial charge in [0.25, 0.3) is 0 Å². The van der Waals surface area contributed by atoms with E-state index in [1.54, 1.807) is 0 Å². The Bertz CT molecular complexity index is 334. The summed E-state index contributed by atoms with van der Waals surface area (Å²) in [6.07, 6.45) is 0. The Labute approximate surface area is 64.7 Å². The van der Waals surface area contributed by atoms with E-state index in [2.05, 4.69) is 0 Å². The van der Waals surface area contributed by atoms with E-state index in [4.69, 9.17) is 10.2 Å². The van der Waals surface area contributed by atoms with Crippen molar-refractivity contribution < 1.29 is 18.6 Å². The van der Waals surface area contributed by atoms with Gasteiger partial charge in [0.15, 0.2) is 22.2 Å². The third-order valence-corrected chi connectivity index (χ3v) is 1.94. The molecule has 0 heterocycles. The summed E-state index contributed by atoms with van der Waals surface area (Å²) in [4.78, 5) is -0.264. The lowest BCUT2D eigenvalue weighted by Gasteiger charge is -1.97. The SMILES string of the molecule is O=[SH](=O)c1cccc(O)c1O. The highest BCUT2D eigenvalue weighted by Crippen LogP contribution is 2.28. The molecular formula is C6H6O4S. The number of hydrogen-bond donors (Lipinski definition) is 3. The van der Waals surface area contributed by atoms with Crippen molar-refractivity contribution in [3.05, 3.63) is 18.2 Å². The number of aromatic hydroxyl groups is 2. The van der Waals surface area contributed by atoms with Crippen LogP contribution in [0.15, 0.2) is 23.1 Å². The molecule has 2 N–H and O–H groups in total. The van der Waals surface area contributed by atoms with E-state index in [1.807, 2.05) is 0 Å². The van der Waals surface area contributed by atoms with E-state index >= 15 is 0 Å². The molecule has 11 heavy (non-hydrogen) atoms. The summed E-state index contributed by atoms with van der Waals surface area (Å²) in [6, 6.07) is 3.76. The Kier molecular flexibility index (Phi) is 2.00. The van der Waals surface area contributed by atoms with Crippen molar-refractivity contribution in [3.63, 3.8) is 0 Å². The molecular weight excluding hydrogens is 168 g/mol.